The summed E-state index contributed by atoms with van der Waals surface area (Å²) in [5.41, 5.74) is 0.658. The smallest absolute Gasteiger partial charge is 0.262 e. The van der Waals surface area contributed by atoms with E-state index in [1.165, 1.54) is 11.8 Å². The summed E-state index contributed by atoms with van der Waals surface area (Å²) in [6.45, 7) is 5.14. The highest BCUT2D eigenvalue weighted by atomic mass is 32.2. The zero-order valence-electron chi connectivity index (χ0n) is 16.7. The Bertz CT molecular complexity index is 1020. The molecule has 3 rings (SSSR count). The van der Waals surface area contributed by atoms with Gasteiger partial charge in [-0.15, -0.1) is 0 Å². The van der Waals surface area contributed by atoms with E-state index in [1.54, 1.807) is 4.57 Å². The Morgan fingerprint density at radius 1 is 1.10 bits per heavy atom. The van der Waals surface area contributed by atoms with Crippen molar-refractivity contribution in [3.05, 3.63) is 65.0 Å². The van der Waals surface area contributed by atoms with Crippen molar-refractivity contribution >= 4 is 33.5 Å². The first-order valence-corrected chi connectivity index (χ1v) is 12.0. The standard InChI is InChI=1S/C22H26N2O3S2/c1-17(2)27-14-8-13-24-21(25)19-11-6-7-12-20(19)23-22(24)28-15-16-29(26)18-9-4-3-5-10-18/h3-7,9-12,17H,8,13-16H2,1-2H3/t29-/m0/s1. The topological polar surface area (TPSA) is 61.2 Å². The lowest BCUT2D eigenvalue weighted by Gasteiger charge is -2.14. The minimum absolute atomic E-state index is 0.0353. The highest BCUT2D eigenvalue weighted by Gasteiger charge is 2.12. The van der Waals surface area contributed by atoms with E-state index in [0.717, 1.165) is 11.3 Å². The number of aromatic nitrogens is 2. The van der Waals surface area contributed by atoms with E-state index in [4.69, 9.17) is 9.72 Å². The lowest BCUT2D eigenvalue weighted by molar-refractivity contribution is 0.0743. The molecule has 0 aliphatic carbocycles. The molecule has 0 radical (unpaired) electrons. The van der Waals surface area contributed by atoms with Crippen LogP contribution in [0.2, 0.25) is 0 Å². The van der Waals surface area contributed by atoms with Gasteiger partial charge in [-0.1, -0.05) is 42.1 Å². The second-order valence-electron chi connectivity index (χ2n) is 6.85. The number of para-hydroxylation sites is 1. The Morgan fingerprint density at radius 2 is 1.83 bits per heavy atom. The quantitative estimate of drug-likeness (QED) is 0.275. The van der Waals surface area contributed by atoms with E-state index in [2.05, 4.69) is 0 Å². The minimum atomic E-state index is -1.06. The van der Waals surface area contributed by atoms with Gasteiger partial charge < -0.3 is 4.74 Å². The molecule has 0 saturated heterocycles. The fraction of sp³-hybridized carbons (Fsp3) is 0.364. The number of ether oxygens (including phenoxy) is 1. The first-order valence-electron chi connectivity index (χ1n) is 9.73. The summed E-state index contributed by atoms with van der Waals surface area (Å²) in [5, 5.41) is 1.29. The Kier molecular flexibility index (Phi) is 8.03. The van der Waals surface area contributed by atoms with Crippen LogP contribution < -0.4 is 5.56 Å². The highest BCUT2D eigenvalue weighted by Crippen LogP contribution is 2.19. The molecule has 0 saturated carbocycles. The molecule has 0 aliphatic heterocycles. The van der Waals surface area contributed by atoms with Gasteiger partial charge in [0.1, 0.15) is 0 Å². The van der Waals surface area contributed by atoms with Crippen molar-refractivity contribution in [1.82, 2.24) is 9.55 Å². The SMILES string of the molecule is CC(C)OCCCn1c(SCC[S@](=O)c2ccccc2)nc2ccccc2c1=O. The van der Waals surface area contributed by atoms with Gasteiger partial charge in [0, 0.05) is 29.6 Å². The van der Waals surface area contributed by atoms with E-state index in [9.17, 15) is 9.00 Å². The third kappa shape index (κ3) is 6.01. The molecule has 1 heterocycles. The van der Waals surface area contributed by atoms with Gasteiger partial charge in [0.2, 0.25) is 0 Å². The summed E-state index contributed by atoms with van der Waals surface area (Å²) < 4.78 is 19.8. The average molecular weight is 431 g/mol. The largest absolute Gasteiger partial charge is 0.379 e. The highest BCUT2D eigenvalue weighted by molar-refractivity contribution is 8.00. The summed E-state index contributed by atoms with van der Waals surface area (Å²) in [6, 6.07) is 16.8. The maximum absolute atomic E-state index is 13.0. The van der Waals surface area contributed by atoms with Crippen molar-refractivity contribution in [2.45, 2.75) is 43.0 Å². The van der Waals surface area contributed by atoms with Crippen molar-refractivity contribution in [1.29, 1.82) is 0 Å². The van der Waals surface area contributed by atoms with Crippen LogP contribution in [0.1, 0.15) is 20.3 Å². The molecule has 5 nitrogen and oxygen atoms in total. The van der Waals surface area contributed by atoms with Gasteiger partial charge in [-0.05, 0) is 44.5 Å². The molecule has 0 unspecified atom stereocenters. The lowest BCUT2D eigenvalue weighted by atomic mass is 10.2. The molecular formula is C22H26N2O3S2. The van der Waals surface area contributed by atoms with Gasteiger partial charge >= 0.3 is 0 Å². The molecule has 1 aromatic heterocycles. The van der Waals surface area contributed by atoms with Crippen LogP contribution in [0, 0.1) is 0 Å². The van der Waals surface area contributed by atoms with Gasteiger partial charge in [0.05, 0.1) is 27.8 Å². The zero-order valence-corrected chi connectivity index (χ0v) is 18.4. The summed E-state index contributed by atoms with van der Waals surface area (Å²) >= 11 is 1.48. The molecule has 3 aromatic rings. The Morgan fingerprint density at radius 3 is 2.59 bits per heavy atom. The van der Waals surface area contributed by atoms with E-state index in [-0.39, 0.29) is 11.7 Å². The lowest BCUT2D eigenvalue weighted by Crippen LogP contribution is -2.24. The first-order chi connectivity index (χ1) is 14.1. The van der Waals surface area contributed by atoms with Crippen molar-refractivity contribution in [3.63, 3.8) is 0 Å². The molecule has 2 aromatic carbocycles. The molecule has 154 valence electrons. The number of nitrogens with zero attached hydrogens (tertiary/aromatic N) is 2. The average Bonchev–Trinajstić information content (AvgIpc) is 2.73. The molecule has 0 N–H and O–H groups in total. The zero-order chi connectivity index (χ0) is 20.6. The van der Waals surface area contributed by atoms with Crippen molar-refractivity contribution in [2.75, 3.05) is 18.1 Å². The number of rotatable bonds is 10. The molecule has 0 amide bonds. The van der Waals surface area contributed by atoms with Crippen LogP contribution in [0.5, 0.6) is 0 Å². The van der Waals surface area contributed by atoms with Crippen LogP contribution in [0.25, 0.3) is 10.9 Å². The predicted molar refractivity (Wildman–Crippen MR) is 120 cm³/mol. The van der Waals surface area contributed by atoms with E-state index < -0.39 is 10.8 Å². The summed E-state index contributed by atoms with van der Waals surface area (Å²) in [5.74, 6) is 1.13. The van der Waals surface area contributed by atoms with Crippen LogP contribution in [-0.4, -0.2) is 38.0 Å². The van der Waals surface area contributed by atoms with Crippen LogP contribution in [0.4, 0.5) is 0 Å². The van der Waals surface area contributed by atoms with Crippen LogP contribution in [0.3, 0.4) is 0 Å². The van der Waals surface area contributed by atoms with Gasteiger partial charge in [-0.25, -0.2) is 4.98 Å². The number of thioether (sulfide) groups is 1. The number of hydrogen-bond donors (Lipinski definition) is 0. The summed E-state index contributed by atoms with van der Waals surface area (Å²) in [4.78, 5) is 18.5. The number of benzene rings is 2. The van der Waals surface area contributed by atoms with Crippen molar-refractivity contribution in [2.24, 2.45) is 0 Å². The second kappa shape index (κ2) is 10.7. The maximum Gasteiger partial charge on any atom is 0.262 e. The first kappa shape index (κ1) is 21.7. The van der Waals surface area contributed by atoms with Gasteiger partial charge in [0.25, 0.3) is 5.56 Å². The summed E-state index contributed by atoms with van der Waals surface area (Å²) in [6.07, 6.45) is 0.907. The molecule has 29 heavy (non-hydrogen) atoms. The normalized spacial score (nSPS) is 12.5. The van der Waals surface area contributed by atoms with Crippen molar-refractivity contribution in [3.8, 4) is 0 Å². The predicted octanol–water partition coefficient (Wildman–Crippen LogP) is 4.11. The van der Waals surface area contributed by atoms with E-state index >= 15 is 0 Å². The maximum atomic E-state index is 13.0. The Labute approximate surface area is 178 Å². The third-order valence-corrected chi connectivity index (χ3v) is 6.92. The minimum Gasteiger partial charge on any atom is -0.379 e. The Hall–Kier alpha value is -1.96. The van der Waals surface area contributed by atoms with Crippen LogP contribution in [0.15, 0.2) is 69.4 Å². The molecule has 0 spiro atoms. The third-order valence-electron chi connectivity index (χ3n) is 4.31. The van der Waals surface area contributed by atoms with Crippen molar-refractivity contribution < 1.29 is 8.95 Å². The second-order valence-corrected chi connectivity index (χ2v) is 9.49. The fourth-order valence-corrected chi connectivity index (χ4v) is 5.21. The fourth-order valence-electron chi connectivity index (χ4n) is 2.90. The molecule has 1 atom stereocenters. The van der Waals surface area contributed by atoms with Crippen LogP contribution >= 0.6 is 11.8 Å². The molecule has 0 aliphatic rings. The van der Waals surface area contributed by atoms with E-state index in [0.29, 0.717) is 40.7 Å². The van der Waals surface area contributed by atoms with Gasteiger partial charge in [0.15, 0.2) is 5.16 Å². The molecular weight excluding hydrogens is 404 g/mol. The van der Waals surface area contributed by atoms with Crippen LogP contribution in [-0.2, 0) is 22.1 Å². The number of hydrogen-bond acceptors (Lipinski definition) is 5. The van der Waals surface area contributed by atoms with E-state index in [1.807, 2.05) is 68.4 Å². The molecule has 0 bridgehead atoms. The molecule has 7 heteroatoms. The monoisotopic (exact) mass is 430 g/mol. The van der Waals surface area contributed by atoms with Gasteiger partial charge in [-0.3, -0.25) is 13.6 Å². The molecule has 0 fully saturated rings. The summed E-state index contributed by atoms with van der Waals surface area (Å²) in [7, 11) is -1.06. The van der Waals surface area contributed by atoms with Gasteiger partial charge in [-0.2, -0.15) is 0 Å². The Balaban J connectivity index is 1.74. The number of fused-ring (bicyclic) bond motifs is 1.